The summed E-state index contributed by atoms with van der Waals surface area (Å²) < 4.78 is 27.4. The molecule has 6 heteroatoms. The van der Waals surface area contributed by atoms with E-state index in [0.717, 1.165) is 41.6 Å². The molecule has 1 aliphatic carbocycles. The molecule has 1 fully saturated rings. The van der Waals surface area contributed by atoms with Crippen molar-refractivity contribution in [2.24, 2.45) is 0 Å². The van der Waals surface area contributed by atoms with Crippen LogP contribution in [0.25, 0.3) is 11.1 Å². The van der Waals surface area contributed by atoms with Crippen LogP contribution in [0.1, 0.15) is 51.5 Å². The van der Waals surface area contributed by atoms with Crippen molar-refractivity contribution in [1.29, 1.82) is 0 Å². The average molecular weight is 401 g/mol. The van der Waals surface area contributed by atoms with Gasteiger partial charge in [-0.25, -0.2) is 13.1 Å². The lowest BCUT2D eigenvalue weighted by Crippen LogP contribution is -2.40. The van der Waals surface area contributed by atoms with Gasteiger partial charge in [0.25, 0.3) is 0 Å². The largest absolute Gasteiger partial charge is 0.326 e. The highest BCUT2D eigenvalue weighted by molar-refractivity contribution is 7.90. The maximum atomic E-state index is 12.3. The predicted molar refractivity (Wildman–Crippen MR) is 114 cm³/mol. The highest BCUT2D eigenvalue weighted by Gasteiger charge is 2.32. The Labute approximate surface area is 167 Å². The third-order valence-electron chi connectivity index (χ3n) is 5.31. The van der Waals surface area contributed by atoms with Crippen LogP contribution in [0.3, 0.4) is 0 Å². The molecule has 0 bridgehead atoms. The van der Waals surface area contributed by atoms with Crippen LogP contribution >= 0.6 is 0 Å². The SMILES string of the molecule is CC(=O)Nc1cccc(-c2ccc([C@@H]3CCC[C@@H]3NS(=O)(=O)C(C)C)cc2)c1. The lowest BCUT2D eigenvalue weighted by atomic mass is 9.92. The number of hydrogen-bond acceptors (Lipinski definition) is 3. The quantitative estimate of drug-likeness (QED) is 0.760. The van der Waals surface area contributed by atoms with E-state index in [1.165, 1.54) is 6.92 Å². The normalized spacial score (nSPS) is 19.7. The van der Waals surface area contributed by atoms with Gasteiger partial charge in [-0.2, -0.15) is 0 Å². The molecule has 0 aliphatic heterocycles. The summed E-state index contributed by atoms with van der Waals surface area (Å²) in [4.78, 5) is 11.3. The van der Waals surface area contributed by atoms with E-state index in [1.54, 1.807) is 13.8 Å². The maximum absolute atomic E-state index is 12.3. The van der Waals surface area contributed by atoms with Gasteiger partial charge in [0.05, 0.1) is 5.25 Å². The lowest BCUT2D eigenvalue weighted by molar-refractivity contribution is -0.114. The number of benzene rings is 2. The van der Waals surface area contributed by atoms with Gasteiger partial charge < -0.3 is 5.32 Å². The van der Waals surface area contributed by atoms with E-state index >= 15 is 0 Å². The number of amides is 1. The first-order chi connectivity index (χ1) is 13.3. The Kier molecular flexibility index (Phi) is 6.20. The molecule has 0 unspecified atom stereocenters. The zero-order valence-corrected chi connectivity index (χ0v) is 17.4. The second-order valence-corrected chi connectivity index (χ2v) is 10.0. The molecule has 1 aliphatic rings. The Bertz CT molecular complexity index is 937. The number of nitrogens with one attached hydrogen (secondary N) is 2. The van der Waals surface area contributed by atoms with Gasteiger partial charge in [0, 0.05) is 24.6 Å². The van der Waals surface area contributed by atoms with Gasteiger partial charge in [-0.1, -0.05) is 42.8 Å². The van der Waals surface area contributed by atoms with Crippen LogP contribution in [0.5, 0.6) is 0 Å². The Morgan fingerprint density at radius 3 is 2.39 bits per heavy atom. The van der Waals surface area contributed by atoms with Crippen LogP contribution in [0, 0.1) is 0 Å². The molecule has 2 N–H and O–H groups in total. The third-order valence-corrected chi connectivity index (χ3v) is 7.18. The summed E-state index contributed by atoms with van der Waals surface area (Å²) in [5.74, 6) is 0.108. The summed E-state index contributed by atoms with van der Waals surface area (Å²) in [5, 5.41) is 2.38. The van der Waals surface area contributed by atoms with Crippen molar-refractivity contribution < 1.29 is 13.2 Å². The fourth-order valence-electron chi connectivity index (χ4n) is 3.75. The van der Waals surface area contributed by atoms with Crippen molar-refractivity contribution in [2.75, 3.05) is 5.32 Å². The second-order valence-electron chi connectivity index (χ2n) is 7.74. The topological polar surface area (TPSA) is 75.3 Å². The van der Waals surface area contributed by atoms with Crippen LogP contribution in [-0.4, -0.2) is 25.6 Å². The van der Waals surface area contributed by atoms with Crippen molar-refractivity contribution in [3.05, 3.63) is 54.1 Å². The smallest absolute Gasteiger partial charge is 0.221 e. The highest BCUT2D eigenvalue weighted by Crippen LogP contribution is 2.36. The number of sulfonamides is 1. The first-order valence-corrected chi connectivity index (χ1v) is 11.3. The van der Waals surface area contributed by atoms with E-state index in [4.69, 9.17) is 0 Å². The fourth-order valence-corrected chi connectivity index (χ4v) is 4.73. The highest BCUT2D eigenvalue weighted by atomic mass is 32.2. The number of carbonyl (C=O) groups excluding carboxylic acids is 1. The van der Waals surface area contributed by atoms with E-state index in [9.17, 15) is 13.2 Å². The van der Waals surface area contributed by atoms with Gasteiger partial charge in [0.15, 0.2) is 0 Å². The molecule has 0 spiro atoms. The lowest BCUT2D eigenvalue weighted by Gasteiger charge is -2.23. The molecule has 2 atom stereocenters. The van der Waals surface area contributed by atoms with Gasteiger partial charge in [0.2, 0.25) is 15.9 Å². The summed E-state index contributed by atoms with van der Waals surface area (Å²) >= 11 is 0. The van der Waals surface area contributed by atoms with Gasteiger partial charge in [-0.05, 0) is 55.5 Å². The van der Waals surface area contributed by atoms with Gasteiger partial charge >= 0.3 is 0 Å². The molecule has 0 saturated heterocycles. The summed E-state index contributed by atoms with van der Waals surface area (Å²) in [5.41, 5.74) is 4.03. The predicted octanol–water partition coefficient (Wildman–Crippen LogP) is 4.28. The summed E-state index contributed by atoms with van der Waals surface area (Å²) in [7, 11) is -3.27. The number of hydrogen-bond donors (Lipinski definition) is 2. The molecule has 3 rings (SSSR count). The summed E-state index contributed by atoms with van der Waals surface area (Å²) in [6.07, 6.45) is 2.89. The molecular weight excluding hydrogens is 372 g/mol. The molecule has 1 amide bonds. The van der Waals surface area contributed by atoms with Crippen molar-refractivity contribution in [3.63, 3.8) is 0 Å². The van der Waals surface area contributed by atoms with Gasteiger partial charge in [-0.15, -0.1) is 0 Å². The van der Waals surface area contributed by atoms with Crippen LogP contribution in [0.2, 0.25) is 0 Å². The number of rotatable bonds is 6. The Morgan fingerprint density at radius 2 is 1.75 bits per heavy atom. The fraction of sp³-hybridized carbons (Fsp3) is 0.409. The van der Waals surface area contributed by atoms with E-state index in [0.29, 0.717) is 0 Å². The van der Waals surface area contributed by atoms with Gasteiger partial charge in [-0.3, -0.25) is 4.79 Å². The monoisotopic (exact) mass is 400 g/mol. The van der Waals surface area contributed by atoms with Crippen molar-refractivity contribution in [1.82, 2.24) is 4.72 Å². The number of anilines is 1. The van der Waals surface area contributed by atoms with Crippen molar-refractivity contribution in [3.8, 4) is 11.1 Å². The minimum absolute atomic E-state index is 0.0404. The van der Waals surface area contributed by atoms with E-state index in [2.05, 4.69) is 34.3 Å². The second kappa shape index (κ2) is 8.45. The minimum Gasteiger partial charge on any atom is -0.326 e. The van der Waals surface area contributed by atoms with Crippen LogP contribution < -0.4 is 10.0 Å². The Hall–Kier alpha value is -2.18. The Balaban J connectivity index is 1.78. The van der Waals surface area contributed by atoms with Crippen molar-refractivity contribution in [2.45, 2.75) is 57.2 Å². The molecule has 0 aromatic heterocycles. The molecule has 2 aromatic carbocycles. The molecular formula is C22H28N2O3S. The van der Waals surface area contributed by atoms with Crippen LogP contribution in [0.4, 0.5) is 5.69 Å². The van der Waals surface area contributed by atoms with Crippen LogP contribution in [-0.2, 0) is 14.8 Å². The summed E-state index contributed by atoms with van der Waals surface area (Å²) in [6, 6.07) is 16.0. The Morgan fingerprint density at radius 1 is 1.04 bits per heavy atom. The zero-order valence-electron chi connectivity index (χ0n) is 16.6. The first-order valence-electron chi connectivity index (χ1n) is 9.75. The molecule has 28 heavy (non-hydrogen) atoms. The van der Waals surface area contributed by atoms with Gasteiger partial charge in [0.1, 0.15) is 0 Å². The zero-order chi connectivity index (χ0) is 20.3. The minimum atomic E-state index is -3.27. The average Bonchev–Trinajstić information content (AvgIpc) is 3.09. The summed E-state index contributed by atoms with van der Waals surface area (Å²) in [6.45, 7) is 4.90. The van der Waals surface area contributed by atoms with E-state index < -0.39 is 15.3 Å². The molecule has 5 nitrogen and oxygen atoms in total. The van der Waals surface area contributed by atoms with E-state index in [1.807, 2.05) is 24.3 Å². The molecule has 150 valence electrons. The molecule has 0 heterocycles. The molecule has 2 aromatic rings. The standard InChI is InChI=1S/C22H28N2O3S/c1-15(2)28(26,27)24-22-9-5-8-21(22)18-12-10-17(11-13-18)19-6-4-7-20(14-19)23-16(3)25/h4,6-7,10-15,21-22,24H,5,8-9H2,1-3H3,(H,23,25)/t21-,22-/m0/s1. The third kappa shape index (κ3) is 4.80. The van der Waals surface area contributed by atoms with Crippen LogP contribution in [0.15, 0.2) is 48.5 Å². The first kappa shape index (κ1) is 20.6. The van der Waals surface area contributed by atoms with E-state index in [-0.39, 0.29) is 17.9 Å². The maximum Gasteiger partial charge on any atom is 0.221 e. The van der Waals surface area contributed by atoms with Crippen molar-refractivity contribution >= 4 is 21.6 Å². The molecule has 1 saturated carbocycles. The molecule has 0 radical (unpaired) electrons. The number of carbonyl (C=O) groups is 1.